The van der Waals surface area contributed by atoms with Crippen LogP contribution in [0, 0.1) is 0 Å². The first kappa shape index (κ1) is 12.3. The number of H-pyrrole nitrogens is 1. The van der Waals surface area contributed by atoms with Crippen molar-refractivity contribution in [2.45, 2.75) is 12.5 Å². The van der Waals surface area contributed by atoms with E-state index in [4.69, 9.17) is 29.0 Å². The van der Waals surface area contributed by atoms with E-state index in [-0.39, 0.29) is 6.04 Å². The van der Waals surface area contributed by atoms with E-state index in [1.165, 1.54) is 0 Å². The highest BCUT2D eigenvalue weighted by Crippen LogP contribution is 2.25. The highest BCUT2D eigenvalue weighted by Gasteiger charge is 2.15. The number of hydrogen-bond acceptors (Lipinski definition) is 4. The Morgan fingerprint density at radius 1 is 1.41 bits per heavy atom. The van der Waals surface area contributed by atoms with Gasteiger partial charge < -0.3 is 0 Å². The van der Waals surface area contributed by atoms with E-state index in [2.05, 4.69) is 20.8 Å². The highest BCUT2D eigenvalue weighted by molar-refractivity contribution is 6.33. The molecule has 2 rings (SSSR count). The summed E-state index contributed by atoms with van der Waals surface area (Å²) >= 11 is 12.0. The van der Waals surface area contributed by atoms with E-state index in [1.807, 2.05) is 6.07 Å². The smallest absolute Gasteiger partial charge is 0.101 e. The number of nitrogens with two attached hydrogens (primary N) is 1. The minimum absolute atomic E-state index is 0.162. The molecule has 0 bridgehead atoms. The van der Waals surface area contributed by atoms with Gasteiger partial charge in [0.25, 0.3) is 0 Å². The van der Waals surface area contributed by atoms with Crippen molar-refractivity contribution in [3.63, 3.8) is 0 Å². The van der Waals surface area contributed by atoms with Crippen molar-refractivity contribution < 1.29 is 0 Å². The van der Waals surface area contributed by atoms with Gasteiger partial charge in [-0.2, -0.15) is 15.4 Å². The van der Waals surface area contributed by atoms with Crippen LogP contribution in [0.15, 0.2) is 24.4 Å². The summed E-state index contributed by atoms with van der Waals surface area (Å²) in [6.07, 6.45) is 2.20. The molecule has 1 aromatic heterocycles. The molecule has 1 unspecified atom stereocenters. The summed E-state index contributed by atoms with van der Waals surface area (Å²) in [5, 5.41) is 11.6. The van der Waals surface area contributed by atoms with Crippen LogP contribution in [0.1, 0.15) is 17.3 Å². The second-order valence-electron chi connectivity index (χ2n) is 3.55. The van der Waals surface area contributed by atoms with Gasteiger partial charge in [-0.25, -0.2) is 0 Å². The Morgan fingerprint density at radius 3 is 2.88 bits per heavy atom. The van der Waals surface area contributed by atoms with E-state index in [0.717, 1.165) is 11.3 Å². The average molecular weight is 272 g/mol. The molecule has 4 N–H and O–H groups in total. The predicted octanol–water partition coefficient (Wildman–Crippen LogP) is 1.86. The van der Waals surface area contributed by atoms with Crippen LogP contribution in [-0.4, -0.2) is 15.4 Å². The van der Waals surface area contributed by atoms with Crippen LogP contribution in [0.2, 0.25) is 10.0 Å². The highest BCUT2D eigenvalue weighted by atomic mass is 35.5. The number of benzene rings is 1. The predicted molar refractivity (Wildman–Crippen MR) is 66.6 cm³/mol. The maximum absolute atomic E-state index is 6.09. The average Bonchev–Trinajstić information content (AvgIpc) is 2.84. The Hall–Kier alpha value is -1.14. The van der Waals surface area contributed by atoms with Gasteiger partial charge in [0.05, 0.1) is 12.2 Å². The van der Waals surface area contributed by atoms with Gasteiger partial charge in [0, 0.05) is 10.0 Å². The normalized spacial score (nSPS) is 12.6. The summed E-state index contributed by atoms with van der Waals surface area (Å²) in [6, 6.07) is 5.16. The quantitative estimate of drug-likeness (QED) is 0.586. The third-order valence-corrected chi connectivity index (χ3v) is 3.03. The number of aromatic amines is 1. The molecule has 0 saturated carbocycles. The van der Waals surface area contributed by atoms with Crippen molar-refractivity contribution in [3.05, 3.63) is 45.7 Å². The van der Waals surface area contributed by atoms with Crippen molar-refractivity contribution in [2.24, 2.45) is 5.84 Å². The molecule has 7 heteroatoms. The fourth-order valence-corrected chi connectivity index (χ4v) is 1.94. The first-order valence-corrected chi connectivity index (χ1v) is 5.72. The molecule has 0 aliphatic rings. The van der Waals surface area contributed by atoms with Crippen LogP contribution >= 0.6 is 23.2 Å². The molecule has 0 radical (unpaired) electrons. The van der Waals surface area contributed by atoms with Gasteiger partial charge in [-0.05, 0) is 30.2 Å². The molecular formula is C10H11Cl2N5. The number of halogens is 2. The Labute approximate surface area is 108 Å². The summed E-state index contributed by atoms with van der Waals surface area (Å²) in [4.78, 5) is 0. The molecule has 0 aliphatic heterocycles. The molecule has 5 nitrogen and oxygen atoms in total. The molecule has 0 spiro atoms. The topological polar surface area (TPSA) is 79.6 Å². The first-order chi connectivity index (χ1) is 8.20. The SMILES string of the molecule is NNC(Cc1cc(Cl)ccc1Cl)c1cn[nH]n1. The third kappa shape index (κ3) is 2.95. The second-order valence-corrected chi connectivity index (χ2v) is 4.40. The Kier molecular flexibility index (Phi) is 3.96. The van der Waals surface area contributed by atoms with Crippen LogP contribution in [-0.2, 0) is 6.42 Å². The summed E-state index contributed by atoms with van der Waals surface area (Å²) in [5.41, 5.74) is 4.31. The maximum Gasteiger partial charge on any atom is 0.101 e. The molecule has 1 heterocycles. The fraction of sp³-hybridized carbons (Fsp3) is 0.200. The largest absolute Gasteiger partial charge is 0.271 e. The molecule has 1 atom stereocenters. The maximum atomic E-state index is 6.09. The Morgan fingerprint density at radius 2 is 2.24 bits per heavy atom. The minimum atomic E-state index is -0.162. The number of hydrazine groups is 1. The van der Waals surface area contributed by atoms with Crippen molar-refractivity contribution >= 4 is 23.2 Å². The number of nitrogens with zero attached hydrogens (tertiary/aromatic N) is 2. The van der Waals surface area contributed by atoms with Gasteiger partial charge in [0.2, 0.25) is 0 Å². The molecule has 0 amide bonds. The lowest BCUT2D eigenvalue weighted by Gasteiger charge is -2.14. The van der Waals surface area contributed by atoms with Gasteiger partial charge in [0.15, 0.2) is 0 Å². The zero-order valence-corrected chi connectivity index (χ0v) is 10.3. The molecule has 0 fully saturated rings. The van der Waals surface area contributed by atoms with Gasteiger partial charge in [-0.3, -0.25) is 11.3 Å². The lowest BCUT2D eigenvalue weighted by atomic mass is 10.0. The molecule has 90 valence electrons. The number of rotatable bonds is 4. The third-order valence-electron chi connectivity index (χ3n) is 2.42. The van der Waals surface area contributed by atoms with Crippen molar-refractivity contribution in [2.75, 3.05) is 0 Å². The molecule has 0 aliphatic carbocycles. The van der Waals surface area contributed by atoms with Crippen LogP contribution in [0.4, 0.5) is 0 Å². The number of nitrogens with one attached hydrogen (secondary N) is 2. The molecule has 2 aromatic rings. The lowest BCUT2D eigenvalue weighted by Crippen LogP contribution is -2.30. The zero-order chi connectivity index (χ0) is 12.3. The van der Waals surface area contributed by atoms with Crippen LogP contribution in [0.3, 0.4) is 0 Å². The lowest BCUT2D eigenvalue weighted by molar-refractivity contribution is 0.537. The molecule has 0 saturated heterocycles. The monoisotopic (exact) mass is 271 g/mol. The number of hydrogen-bond donors (Lipinski definition) is 3. The molecular weight excluding hydrogens is 261 g/mol. The van der Waals surface area contributed by atoms with E-state index >= 15 is 0 Å². The van der Waals surface area contributed by atoms with Gasteiger partial charge in [-0.15, -0.1) is 0 Å². The van der Waals surface area contributed by atoms with Gasteiger partial charge >= 0.3 is 0 Å². The summed E-state index contributed by atoms with van der Waals surface area (Å²) < 4.78 is 0. The van der Waals surface area contributed by atoms with Crippen molar-refractivity contribution in [3.8, 4) is 0 Å². The Balaban J connectivity index is 2.21. The Bertz CT molecular complexity index is 485. The zero-order valence-electron chi connectivity index (χ0n) is 8.82. The van der Waals surface area contributed by atoms with Crippen LogP contribution in [0.25, 0.3) is 0 Å². The first-order valence-electron chi connectivity index (χ1n) is 4.96. The van der Waals surface area contributed by atoms with Crippen molar-refractivity contribution in [1.82, 2.24) is 20.8 Å². The van der Waals surface area contributed by atoms with Crippen LogP contribution in [0.5, 0.6) is 0 Å². The number of aromatic nitrogens is 3. The second kappa shape index (κ2) is 5.46. The van der Waals surface area contributed by atoms with Crippen LogP contribution < -0.4 is 11.3 Å². The molecule has 17 heavy (non-hydrogen) atoms. The van der Waals surface area contributed by atoms with E-state index < -0.39 is 0 Å². The fourth-order valence-electron chi connectivity index (χ4n) is 1.55. The summed E-state index contributed by atoms with van der Waals surface area (Å²) in [5.74, 6) is 5.49. The van der Waals surface area contributed by atoms with Gasteiger partial charge in [0.1, 0.15) is 5.69 Å². The standard InChI is InChI=1S/C10H11Cl2N5/c11-7-1-2-8(12)6(3-7)4-9(15-13)10-5-14-17-16-10/h1-3,5,9,15H,4,13H2,(H,14,16,17). The van der Waals surface area contributed by atoms with E-state index in [9.17, 15) is 0 Å². The van der Waals surface area contributed by atoms with Gasteiger partial charge in [-0.1, -0.05) is 23.2 Å². The summed E-state index contributed by atoms with van der Waals surface area (Å²) in [7, 11) is 0. The summed E-state index contributed by atoms with van der Waals surface area (Å²) in [6.45, 7) is 0. The van der Waals surface area contributed by atoms with E-state index in [0.29, 0.717) is 16.5 Å². The van der Waals surface area contributed by atoms with Crippen molar-refractivity contribution in [1.29, 1.82) is 0 Å². The minimum Gasteiger partial charge on any atom is -0.271 e. The molecule has 1 aromatic carbocycles. The van der Waals surface area contributed by atoms with E-state index in [1.54, 1.807) is 18.3 Å².